The fourth-order valence-corrected chi connectivity index (χ4v) is 2.65. The van der Waals surface area contributed by atoms with Crippen LogP contribution in [0.1, 0.15) is 35.8 Å². The molecule has 0 bridgehead atoms. The summed E-state index contributed by atoms with van der Waals surface area (Å²) >= 11 is 0. The van der Waals surface area contributed by atoms with Crippen molar-refractivity contribution in [3.05, 3.63) is 47.3 Å². The molecule has 0 radical (unpaired) electrons. The highest BCUT2D eigenvalue weighted by molar-refractivity contribution is 5.54. The van der Waals surface area contributed by atoms with E-state index >= 15 is 0 Å². The molecule has 1 fully saturated rings. The molecule has 3 aromatic rings. The highest BCUT2D eigenvalue weighted by Crippen LogP contribution is 2.40. The Balaban J connectivity index is 1.36. The summed E-state index contributed by atoms with van der Waals surface area (Å²) in [5.41, 5.74) is 3.18. The van der Waals surface area contributed by atoms with E-state index in [0.29, 0.717) is 11.7 Å². The van der Waals surface area contributed by atoms with Gasteiger partial charge in [0, 0.05) is 30.6 Å². The van der Waals surface area contributed by atoms with Gasteiger partial charge in [0.25, 0.3) is 0 Å². The van der Waals surface area contributed by atoms with E-state index in [0.717, 1.165) is 30.1 Å². The van der Waals surface area contributed by atoms with Crippen LogP contribution >= 0.6 is 0 Å². The second-order valence-corrected chi connectivity index (χ2v) is 6.10. The number of rotatable bonds is 6. The lowest BCUT2D eigenvalue weighted by atomic mass is 10.1. The average Bonchev–Trinajstić information content (AvgIpc) is 3.07. The molecule has 0 spiro atoms. The van der Waals surface area contributed by atoms with Gasteiger partial charge in [0.15, 0.2) is 0 Å². The number of nitrogens with one attached hydrogen (secondary N) is 1. The Morgan fingerprint density at radius 2 is 2.04 bits per heavy atom. The van der Waals surface area contributed by atoms with Crippen LogP contribution in [-0.4, -0.2) is 37.7 Å². The van der Waals surface area contributed by atoms with E-state index in [1.54, 1.807) is 0 Å². The monoisotopic (exact) mass is 310 g/mol. The molecule has 2 heterocycles. The average molecular weight is 310 g/mol. The first-order valence-electron chi connectivity index (χ1n) is 7.75. The summed E-state index contributed by atoms with van der Waals surface area (Å²) in [6.45, 7) is 1.63. The zero-order chi connectivity index (χ0) is 15.6. The van der Waals surface area contributed by atoms with Crippen molar-refractivity contribution in [1.82, 2.24) is 30.7 Å². The van der Waals surface area contributed by atoms with E-state index < -0.39 is 0 Å². The third kappa shape index (κ3) is 3.29. The van der Waals surface area contributed by atoms with Gasteiger partial charge in [-0.3, -0.25) is 4.90 Å². The molecule has 0 aliphatic heterocycles. The van der Waals surface area contributed by atoms with Crippen LogP contribution in [0.2, 0.25) is 0 Å². The van der Waals surface area contributed by atoms with Crippen molar-refractivity contribution in [1.29, 1.82) is 0 Å². The number of aromatic nitrogens is 5. The smallest absolute Gasteiger partial charge is 0.204 e. The number of benzene rings is 1. The quantitative estimate of drug-likeness (QED) is 0.752. The summed E-state index contributed by atoms with van der Waals surface area (Å²) < 4.78 is 5.40. The zero-order valence-electron chi connectivity index (χ0n) is 12.9. The Bertz CT molecular complexity index is 760. The summed E-state index contributed by atoms with van der Waals surface area (Å²) in [5.74, 6) is 2.26. The lowest BCUT2D eigenvalue weighted by Crippen LogP contribution is -2.17. The van der Waals surface area contributed by atoms with Gasteiger partial charge in [0.05, 0.1) is 5.69 Å². The molecule has 1 N–H and O–H groups in total. The number of H-pyrrole nitrogens is 1. The van der Waals surface area contributed by atoms with Crippen molar-refractivity contribution >= 4 is 0 Å². The van der Waals surface area contributed by atoms with E-state index in [1.807, 2.05) is 12.1 Å². The van der Waals surface area contributed by atoms with Crippen LogP contribution in [0.4, 0.5) is 0 Å². The molecule has 4 rings (SSSR count). The van der Waals surface area contributed by atoms with Crippen molar-refractivity contribution < 1.29 is 4.52 Å². The van der Waals surface area contributed by atoms with Crippen LogP contribution in [0.25, 0.3) is 11.4 Å². The second-order valence-electron chi connectivity index (χ2n) is 6.10. The second kappa shape index (κ2) is 5.92. The molecular weight excluding hydrogens is 292 g/mol. The Morgan fingerprint density at radius 3 is 2.74 bits per heavy atom. The number of hydrogen-bond acceptors (Lipinski definition) is 6. The molecule has 118 valence electrons. The Hall–Kier alpha value is -2.54. The van der Waals surface area contributed by atoms with Gasteiger partial charge in [0.2, 0.25) is 5.82 Å². The minimum atomic E-state index is 0.610. The highest BCUT2D eigenvalue weighted by atomic mass is 16.5. The molecule has 7 nitrogen and oxygen atoms in total. The van der Waals surface area contributed by atoms with Crippen molar-refractivity contribution in [2.75, 3.05) is 7.05 Å². The van der Waals surface area contributed by atoms with Gasteiger partial charge in [-0.25, -0.2) is 0 Å². The fourth-order valence-electron chi connectivity index (χ4n) is 2.65. The van der Waals surface area contributed by atoms with E-state index in [-0.39, 0.29) is 0 Å². The molecule has 0 amide bonds. The molecule has 0 saturated heterocycles. The van der Waals surface area contributed by atoms with Gasteiger partial charge in [-0.05, 0) is 30.7 Å². The first kappa shape index (κ1) is 14.1. The maximum Gasteiger partial charge on any atom is 0.204 e. The molecular formula is C16H18N6O. The summed E-state index contributed by atoms with van der Waals surface area (Å²) in [7, 11) is 2.08. The molecule has 1 aliphatic carbocycles. The van der Waals surface area contributed by atoms with Crippen molar-refractivity contribution in [3.63, 3.8) is 0 Å². The van der Waals surface area contributed by atoms with Gasteiger partial charge < -0.3 is 4.52 Å². The van der Waals surface area contributed by atoms with Crippen molar-refractivity contribution in [2.24, 2.45) is 0 Å². The van der Waals surface area contributed by atoms with E-state index in [9.17, 15) is 0 Å². The standard InChI is InChI=1S/C16H18N6O/c1-22(10-14-8-15(23-19-14)12-6-7-12)9-11-2-4-13(5-3-11)16-17-20-21-18-16/h2-5,8,12H,6-7,9-10H2,1H3,(H,17,18,20,21). The Kier molecular flexibility index (Phi) is 3.63. The topological polar surface area (TPSA) is 83.7 Å². The maximum absolute atomic E-state index is 5.40. The summed E-state index contributed by atoms with van der Waals surface area (Å²) in [5, 5.41) is 18.2. The van der Waals surface area contributed by atoms with E-state index in [1.165, 1.54) is 18.4 Å². The summed E-state index contributed by atoms with van der Waals surface area (Å²) in [6.07, 6.45) is 2.47. The van der Waals surface area contributed by atoms with Gasteiger partial charge in [-0.1, -0.05) is 29.4 Å². The Labute approximate surface area is 133 Å². The normalized spacial score (nSPS) is 14.5. The van der Waals surface area contributed by atoms with Crippen LogP contribution in [0, 0.1) is 0 Å². The third-order valence-electron chi connectivity index (χ3n) is 4.00. The minimum absolute atomic E-state index is 0.610. The molecule has 2 aromatic heterocycles. The largest absolute Gasteiger partial charge is 0.361 e. The molecule has 1 aromatic carbocycles. The summed E-state index contributed by atoms with van der Waals surface area (Å²) in [6, 6.07) is 10.3. The minimum Gasteiger partial charge on any atom is -0.361 e. The number of tetrazole rings is 1. The predicted octanol–water partition coefficient (Wildman–Crippen LogP) is 2.36. The van der Waals surface area contributed by atoms with Crippen LogP contribution in [0.15, 0.2) is 34.9 Å². The lowest BCUT2D eigenvalue weighted by molar-refractivity contribution is 0.301. The summed E-state index contributed by atoms with van der Waals surface area (Å²) in [4.78, 5) is 2.22. The lowest BCUT2D eigenvalue weighted by Gasteiger charge is -2.15. The van der Waals surface area contributed by atoms with Crippen molar-refractivity contribution in [3.8, 4) is 11.4 Å². The number of aromatic amines is 1. The van der Waals surface area contributed by atoms with Crippen LogP contribution < -0.4 is 0 Å². The van der Waals surface area contributed by atoms with Crippen molar-refractivity contribution in [2.45, 2.75) is 31.8 Å². The molecule has 7 heteroatoms. The zero-order valence-corrected chi connectivity index (χ0v) is 12.9. The molecule has 23 heavy (non-hydrogen) atoms. The maximum atomic E-state index is 5.40. The molecule has 0 unspecified atom stereocenters. The van der Waals surface area contributed by atoms with Gasteiger partial charge in [0.1, 0.15) is 5.76 Å². The number of hydrogen-bond donors (Lipinski definition) is 1. The van der Waals surface area contributed by atoms with Gasteiger partial charge in [-0.15, -0.1) is 10.2 Å². The van der Waals surface area contributed by atoms with E-state index in [4.69, 9.17) is 4.52 Å². The third-order valence-corrected chi connectivity index (χ3v) is 4.00. The van der Waals surface area contributed by atoms with Gasteiger partial charge in [-0.2, -0.15) is 5.21 Å². The van der Waals surface area contributed by atoms with Gasteiger partial charge >= 0.3 is 0 Å². The first-order valence-corrected chi connectivity index (χ1v) is 7.75. The Morgan fingerprint density at radius 1 is 1.22 bits per heavy atom. The molecule has 1 saturated carbocycles. The van der Waals surface area contributed by atoms with Crippen LogP contribution in [0.3, 0.4) is 0 Å². The molecule has 1 aliphatic rings. The van der Waals surface area contributed by atoms with E-state index in [2.05, 4.69) is 55.9 Å². The number of nitrogens with zero attached hydrogens (tertiary/aromatic N) is 5. The fraction of sp³-hybridized carbons (Fsp3) is 0.375. The van der Waals surface area contributed by atoms with Crippen LogP contribution in [-0.2, 0) is 13.1 Å². The SMILES string of the molecule is CN(Cc1ccc(-c2nn[nH]n2)cc1)Cc1cc(C2CC2)on1. The predicted molar refractivity (Wildman–Crippen MR) is 83.3 cm³/mol. The first-order chi connectivity index (χ1) is 11.3. The van der Waals surface area contributed by atoms with Crippen LogP contribution in [0.5, 0.6) is 0 Å². The highest BCUT2D eigenvalue weighted by Gasteiger charge is 2.27. The molecule has 0 atom stereocenters.